The maximum absolute atomic E-state index is 5.68. The lowest BCUT2D eigenvalue weighted by Gasteiger charge is -2.54. The van der Waals surface area contributed by atoms with Gasteiger partial charge in [-0.3, -0.25) is 0 Å². The van der Waals surface area contributed by atoms with Crippen molar-refractivity contribution >= 4 is 0 Å². The number of nitrogens with two attached hydrogens (primary N) is 1. The van der Waals surface area contributed by atoms with Crippen LogP contribution in [-0.4, -0.2) is 16.1 Å². The zero-order valence-corrected chi connectivity index (χ0v) is 11.9. The average molecular weight is 259 g/mol. The Hall–Kier alpha value is -0.830. The molecule has 0 atom stereocenters. The van der Waals surface area contributed by atoms with Gasteiger partial charge in [0, 0.05) is 31.3 Å². The molecule has 4 aliphatic carbocycles. The Morgan fingerprint density at radius 3 is 2.37 bits per heavy atom. The van der Waals surface area contributed by atoms with Crippen LogP contribution in [-0.2, 0) is 13.5 Å². The summed E-state index contributed by atoms with van der Waals surface area (Å²) in [5.74, 6) is 5.95. The van der Waals surface area contributed by atoms with Gasteiger partial charge in [-0.15, -0.1) is 0 Å². The van der Waals surface area contributed by atoms with Gasteiger partial charge >= 0.3 is 0 Å². The number of aromatic nitrogens is 2. The fraction of sp³-hybridized carbons (Fsp3) is 0.812. The second-order valence-electron chi connectivity index (χ2n) is 7.15. The van der Waals surface area contributed by atoms with Gasteiger partial charge in [-0.25, -0.2) is 4.98 Å². The van der Waals surface area contributed by atoms with E-state index in [0.717, 1.165) is 36.0 Å². The first kappa shape index (κ1) is 12.0. The number of rotatable bonds is 3. The molecular formula is C16H25N3. The Morgan fingerprint density at radius 1 is 1.16 bits per heavy atom. The van der Waals surface area contributed by atoms with Crippen molar-refractivity contribution in [3.63, 3.8) is 0 Å². The van der Waals surface area contributed by atoms with Crippen molar-refractivity contribution in [1.29, 1.82) is 0 Å². The Labute approximate surface area is 115 Å². The summed E-state index contributed by atoms with van der Waals surface area (Å²) >= 11 is 0. The maximum atomic E-state index is 5.68. The van der Waals surface area contributed by atoms with Crippen LogP contribution in [0.1, 0.15) is 49.5 Å². The van der Waals surface area contributed by atoms with E-state index in [1.807, 2.05) is 0 Å². The van der Waals surface area contributed by atoms with Crippen LogP contribution in [0, 0.1) is 23.7 Å². The first-order valence-electron chi connectivity index (χ1n) is 7.96. The summed E-state index contributed by atoms with van der Waals surface area (Å²) in [5, 5.41) is 0. The van der Waals surface area contributed by atoms with Gasteiger partial charge < -0.3 is 10.3 Å². The molecule has 1 aromatic heterocycles. The Kier molecular flexibility index (Phi) is 2.73. The van der Waals surface area contributed by atoms with E-state index in [0.29, 0.717) is 6.54 Å². The zero-order valence-electron chi connectivity index (χ0n) is 11.9. The van der Waals surface area contributed by atoms with Crippen LogP contribution in [0.3, 0.4) is 0 Å². The molecule has 4 aliphatic rings. The van der Waals surface area contributed by atoms with Crippen molar-refractivity contribution in [2.24, 2.45) is 36.5 Å². The lowest BCUT2D eigenvalue weighted by molar-refractivity contribution is -0.00508. The van der Waals surface area contributed by atoms with Crippen LogP contribution in [0.4, 0.5) is 0 Å². The van der Waals surface area contributed by atoms with Crippen molar-refractivity contribution < 1.29 is 0 Å². The van der Waals surface area contributed by atoms with Crippen LogP contribution >= 0.6 is 0 Å². The molecule has 104 valence electrons. The third kappa shape index (κ3) is 1.78. The molecule has 0 amide bonds. The number of nitrogens with zero attached hydrogens (tertiary/aromatic N) is 2. The standard InChI is InChI=1S/C16H25N3/c1-19-14(9-18-15(19)2-3-17)16-12-5-10-4-11(7-12)8-13(16)6-10/h9-13,16H,2-8,17H2,1H3. The Morgan fingerprint density at radius 2 is 1.79 bits per heavy atom. The summed E-state index contributed by atoms with van der Waals surface area (Å²) in [6, 6.07) is 0. The molecule has 0 saturated heterocycles. The van der Waals surface area contributed by atoms with Gasteiger partial charge in [0.2, 0.25) is 0 Å². The summed E-state index contributed by atoms with van der Waals surface area (Å²) in [5.41, 5.74) is 7.18. The average Bonchev–Trinajstić information content (AvgIpc) is 2.71. The summed E-state index contributed by atoms with van der Waals surface area (Å²) < 4.78 is 2.35. The van der Waals surface area contributed by atoms with Crippen molar-refractivity contribution in [3.8, 4) is 0 Å². The molecular weight excluding hydrogens is 234 g/mol. The fourth-order valence-electron chi connectivity index (χ4n) is 5.54. The minimum Gasteiger partial charge on any atom is -0.335 e. The quantitative estimate of drug-likeness (QED) is 0.906. The molecule has 5 rings (SSSR count). The van der Waals surface area contributed by atoms with Crippen LogP contribution < -0.4 is 5.73 Å². The smallest absolute Gasteiger partial charge is 0.109 e. The van der Waals surface area contributed by atoms with Crippen LogP contribution in [0.15, 0.2) is 6.20 Å². The molecule has 0 radical (unpaired) electrons. The van der Waals surface area contributed by atoms with Crippen molar-refractivity contribution in [2.75, 3.05) is 6.54 Å². The highest BCUT2D eigenvalue weighted by Gasteiger charge is 2.49. The minimum absolute atomic E-state index is 0.700. The Balaban J connectivity index is 1.65. The number of hydrogen-bond donors (Lipinski definition) is 1. The molecule has 4 saturated carbocycles. The highest BCUT2D eigenvalue weighted by molar-refractivity contribution is 5.18. The fourth-order valence-corrected chi connectivity index (χ4v) is 5.54. The second kappa shape index (κ2) is 4.34. The van der Waals surface area contributed by atoms with E-state index in [1.165, 1.54) is 43.6 Å². The molecule has 0 aromatic carbocycles. The van der Waals surface area contributed by atoms with Gasteiger partial charge in [-0.1, -0.05) is 0 Å². The SMILES string of the molecule is Cn1c(C2C3CC4CC(C3)CC2C4)cnc1CCN. The second-order valence-corrected chi connectivity index (χ2v) is 7.15. The molecule has 0 spiro atoms. The van der Waals surface area contributed by atoms with E-state index in [9.17, 15) is 0 Å². The summed E-state index contributed by atoms with van der Waals surface area (Å²) in [7, 11) is 2.19. The highest BCUT2D eigenvalue weighted by atomic mass is 15.1. The van der Waals surface area contributed by atoms with E-state index in [1.54, 1.807) is 0 Å². The monoisotopic (exact) mass is 259 g/mol. The zero-order chi connectivity index (χ0) is 13.0. The molecule has 4 fully saturated rings. The number of imidazole rings is 1. The van der Waals surface area contributed by atoms with Crippen molar-refractivity contribution in [2.45, 2.75) is 44.4 Å². The third-order valence-corrected chi connectivity index (χ3v) is 6.06. The van der Waals surface area contributed by atoms with E-state index in [4.69, 9.17) is 5.73 Å². The molecule has 3 nitrogen and oxygen atoms in total. The van der Waals surface area contributed by atoms with Crippen LogP contribution in [0.25, 0.3) is 0 Å². The largest absolute Gasteiger partial charge is 0.335 e. The lowest BCUT2D eigenvalue weighted by Crippen LogP contribution is -2.44. The normalized spacial score (nSPS) is 40.0. The van der Waals surface area contributed by atoms with Crippen molar-refractivity contribution in [3.05, 3.63) is 17.7 Å². The van der Waals surface area contributed by atoms with Crippen LogP contribution in [0.5, 0.6) is 0 Å². The molecule has 0 aliphatic heterocycles. The molecule has 2 N–H and O–H groups in total. The minimum atomic E-state index is 0.700. The van der Waals surface area contributed by atoms with E-state index in [2.05, 4.69) is 22.8 Å². The van der Waals surface area contributed by atoms with Gasteiger partial charge in [0.15, 0.2) is 0 Å². The van der Waals surface area contributed by atoms with Gasteiger partial charge in [-0.05, 0) is 62.3 Å². The number of hydrogen-bond acceptors (Lipinski definition) is 2. The van der Waals surface area contributed by atoms with E-state index in [-0.39, 0.29) is 0 Å². The van der Waals surface area contributed by atoms with Crippen molar-refractivity contribution in [1.82, 2.24) is 9.55 Å². The first-order valence-corrected chi connectivity index (χ1v) is 7.96. The summed E-state index contributed by atoms with van der Waals surface area (Å²) in [6.07, 6.45) is 10.5. The van der Waals surface area contributed by atoms with E-state index < -0.39 is 0 Å². The van der Waals surface area contributed by atoms with Gasteiger partial charge in [0.1, 0.15) is 5.82 Å². The molecule has 0 unspecified atom stereocenters. The highest BCUT2D eigenvalue weighted by Crippen LogP contribution is 2.59. The van der Waals surface area contributed by atoms with Gasteiger partial charge in [-0.2, -0.15) is 0 Å². The maximum Gasteiger partial charge on any atom is 0.109 e. The molecule has 1 heterocycles. The predicted molar refractivity (Wildman–Crippen MR) is 75.8 cm³/mol. The molecule has 19 heavy (non-hydrogen) atoms. The van der Waals surface area contributed by atoms with Gasteiger partial charge in [0.05, 0.1) is 0 Å². The Bertz CT molecular complexity index is 448. The summed E-state index contributed by atoms with van der Waals surface area (Å²) in [6.45, 7) is 0.700. The predicted octanol–water partition coefficient (Wildman–Crippen LogP) is 2.46. The third-order valence-electron chi connectivity index (χ3n) is 6.06. The molecule has 4 bridgehead atoms. The van der Waals surface area contributed by atoms with E-state index >= 15 is 0 Å². The molecule has 1 aromatic rings. The summed E-state index contributed by atoms with van der Waals surface area (Å²) in [4.78, 5) is 4.62. The lowest BCUT2D eigenvalue weighted by atomic mass is 9.51. The van der Waals surface area contributed by atoms with Gasteiger partial charge in [0.25, 0.3) is 0 Å². The topological polar surface area (TPSA) is 43.8 Å². The first-order chi connectivity index (χ1) is 9.26. The molecule has 3 heteroatoms. The van der Waals surface area contributed by atoms with Crippen LogP contribution in [0.2, 0.25) is 0 Å².